The van der Waals surface area contributed by atoms with E-state index in [4.69, 9.17) is 10.5 Å². The number of hydrogen-bond acceptors (Lipinski definition) is 5. The van der Waals surface area contributed by atoms with Gasteiger partial charge in [0.25, 0.3) is 0 Å². The third-order valence-electron chi connectivity index (χ3n) is 3.41. The fourth-order valence-electron chi connectivity index (χ4n) is 2.03. The van der Waals surface area contributed by atoms with Crippen LogP contribution in [0.1, 0.15) is 12.8 Å². The van der Waals surface area contributed by atoms with Crippen molar-refractivity contribution < 1.29 is 13.2 Å². The summed E-state index contributed by atoms with van der Waals surface area (Å²) in [6.07, 6.45) is 3.02. The van der Waals surface area contributed by atoms with Crippen LogP contribution in [0.2, 0.25) is 0 Å². The Balaban J connectivity index is 2.58. The van der Waals surface area contributed by atoms with E-state index in [2.05, 4.69) is 4.90 Å². The lowest BCUT2D eigenvalue weighted by Gasteiger charge is -2.43. The van der Waals surface area contributed by atoms with E-state index in [9.17, 15) is 8.42 Å². The summed E-state index contributed by atoms with van der Waals surface area (Å²) in [4.78, 5) is 2.08. The highest BCUT2D eigenvalue weighted by Crippen LogP contribution is 2.25. The molecule has 1 heterocycles. The molecule has 0 unspecified atom stereocenters. The molecule has 6 heteroatoms. The predicted molar refractivity (Wildman–Crippen MR) is 64.2 cm³/mol. The van der Waals surface area contributed by atoms with Crippen LogP contribution in [0.25, 0.3) is 0 Å². The lowest BCUT2D eigenvalue weighted by molar-refractivity contribution is -0.0106. The summed E-state index contributed by atoms with van der Waals surface area (Å²) in [6, 6.07) is 0. The van der Waals surface area contributed by atoms with Gasteiger partial charge in [-0.05, 0) is 19.9 Å². The van der Waals surface area contributed by atoms with Crippen LogP contribution in [0.5, 0.6) is 0 Å². The summed E-state index contributed by atoms with van der Waals surface area (Å²) >= 11 is 0. The molecule has 16 heavy (non-hydrogen) atoms. The standard InChI is InChI=1S/C10H22N2O3S/c1-12(5-8-16(2,13)14)10(9-11)3-6-15-7-4-10/h3-9,11H2,1-2H3. The number of rotatable bonds is 5. The van der Waals surface area contributed by atoms with Crippen molar-refractivity contribution in [2.45, 2.75) is 18.4 Å². The molecule has 0 aromatic carbocycles. The highest BCUT2D eigenvalue weighted by molar-refractivity contribution is 7.90. The molecule has 0 bridgehead atoms. The number of nitrogens with two attached hydrogens (primary N) is 1. The molecule has 1 aliphatic rings. The molecule has 2 N–H and O–H groups in total. The van der Waals surface area contributed by atoms with E-state index in [0.717, 1.165) is 12.8 Å². The van der Waals surface area contributed by atoms with Crippen molar-refractivity contribution in [2.24, 2.45) is 5.73 Å². The van der Waals surface area contributed by atoms with Crippen molar-refractivity contribution in [3.63, 3.8) is 0 Å². The zero-order valence-electron chi connectivity index (χ0n) is 10.1. The molecule has 96 valence electrons. The van der Waals surface area contributed by atoms with Gasteiger partial charge in [-0.2, -0.15) is 0 Å². The van der Waals surface area contributed by atoms with Gasteiger partial charge in [0.2, 0.25) is 0 Å². The van der Waals surface area contributed by atoms with Crippen molar-refractivity contribution in [3.05, 3.63) is 0 Å². The van der Waals surface area contributed by atoms with Crippen molar-refractivity contribution in [1.29, 1.82) is 0 Å². The highest BCUT2D eigenvalue weighted by Gasteiger charge is 2.35. The summed E-state index contributed by atoms with van der Waals surface area (Å²) < 4.78 is 27.6. The van der Waals surface area contributed by atoms with Gasteiger partial charge in [-0.3, -0.25) is 4.90 Å². The fraction of sp³-hybridized carbons (Fsp3) is 1.00. The van der Waals surface area contributed by atoms with Gasteiger partial charge in [0, 0.05) is 38.1 Å². The van der Waals surface area contributed by atoms with Crippen LogP contribution in [0.4, 0.5) is 0 Å². The molecule has 0 amide bonds. The predicted octanol–water partition coefficient (Wildman–Crippen LogP) is -0.529. The number of sulfone groups is 1. The van der Waals surface area contributed by atoms with Crippen molar-refractivity contribution in [1.82, 2.24) is 4.90 Å². The topological polar surface area (TPSA) is 72.6 Å². The fourth-order valence-corrected chi connectivity index (χ4v) is 2.64. The second-order valence-electron chi connectivity index (χ2n) is 4.59. The second-order valence-corrected chi connectivity index (χ2v) is 6.85. The first-order valence-electron chi connectivity index (χ1n) is 5.56. The van der Waals surface area contributed by atoms with Crippen molar-refractivity contribution in [2.75, 3.05) is 45.4 Å². The molecule has 0 radical (unpaired) electrons. The molecule has 1 aliphatic heterocycles. The minimum absolute atomic E-state index is 0.0804. The first-order chi connectivity index (χ1) is 7.40. The van der Waals surface area contributed by atoms with Gasteiger partial charge in [-0.15, -0.1) is 0 Å². The van der Waals surface area contributed by atoms with Crippen LogP contribution in [0.3, 0.4) is 0 Å². The van der Waals surface area contributed by atoms with Crippen molar-refractivity contribution >= 4 is 9.84 Å². The minimum Gasteiger partial charge on any atom is -0.381 e. The van der Waals surface area contributed by atoms with Crippen LogP contribution in [0.15, 0.2) is 0 Å². The first-order valence-corrected chi connectivity index (χ1v) is 7.62. The minimum atomic E-state index is -2.91. The summed E-state index contributed by atoms with van der Waals surface area (Å²) in [7, 11) is -0.959. The largest absolute Gasteiger partial charge is 0.381 e. The van der Waals surface area contributed by atoms with E-state index in [1.165, 1.54) is 6.26 Å². The Bertz CT molecular complexity index is 310. The number of nitrogens with zero attached hydrogens (tertiary/aromatic N) is 1. The molecule has 0 aromatic heterocycles. The lowest BCUT2D eigenvalue weighted by atomic mass is 9.88. The Hall–Kier alpha value is -0.170. The maximum absolute atomic E-state index is 11.1. The van der Waals surface area contributed by atoms with Crippen LogP contribution < -0.4 is 5.73 Å². The molecule has 0 spiro atoms. The lowest BCUT2D eigenvalue weighted by Crippen LogP contribution is -2.56. The third kappa shape index (κ3) is 3.69. The monoisotopic (exact) mass is 250 g/mol. The van der Waals surface area contributed by atoms with Crippen LogP contribution in [-0.4, -0.2) is 64.2 Å². The smallest absolute Gasteiger partial charge is 0.148 e. The Morgan fingerprint density at radius 1 is 1.38 bits per heavy atom. The number of hydrogen-bond donors (Lipinski definition) is 1. The molecule has 0 aromatic rings. The summed E-state index contributed by atoms with van der Waals surface area (Å²) in [5, 5.41) is 0. The molecular formula is C10H22N2O3S. The van der Waals surface area contributed by atoms with E-state index in [-0.39, 0.29) is 11.3 Å². The van der Waals surface area contributed by atoms with Gasteiger partial charge in [0.1, 0.15) is 9.84 Å². The maximum Gasteiger partial charge on any atom is 0.148 e. The summed E-state index contributed by atoms with van der Waals surface area (Å²) in [5.41, 5.74) is 5.75. The van der Waals surface area contributed by atoms with Gasteiger partial charge < -0.3 is 10.5 Å². The zero-order chi connectivity index (χ0) is 12.2. The number of likely N-dealkylation sites (N-methyl/N-ethyl adjacent to an activating group) is 1. The molecule has 0 aliphatic carbocycles. The summed E-state index contributed by atoms with van der Waals surface area (Å²) in [5.74, 6) is 0.187. The van der Waals surface area contributed by atoms with E-state index in [1.54, 1.807) is 0 Å². The van der Waals surface area contributed by atoms with Gasteiger partial charge in [-0.25, -0.2) is 8.42 Å². The van der Waals surface area contributed by atoms with Crippen LogP contribution in [-0.2, 0) is 14.6 Å². The SMILES string of the molecule is CN(CCS(C)(=O)=O)C1(CN)CCOCC1. The average molecular weight is 250 g/mol. The summed E-state index contributed by atoms with van der Waals surface area (Å²) in [6.45, 7) is 2.51. The molecule has 0 atom stereocenters. The third-order valence-corrected chi connectivity index (χ3v) is 4.33. The van der Waals surface area contributed by atoms with Crippen LogP contribution in [0, 0.1) is 0 Å². The normalized spacial score (nSPS) is 21.2. The van der Waals surface area contributed by atoms with Gasteiger partial charge >= 0.3 is 0 Å². The molecule has 1 fully saturated rings. The molecule has 1 rings (SSSR count). The molecule has 1 saturated heterocycles. The van der Waals surface area contributed by atoms with E-state index in [1.807, 2.05) is 7.05 Å². The highest BCUT2D eigenvalue weighted by atomic mass is 32.2. The Morgan fingerprint density at radius 3 is 2.38 bits per heavy atom. The molecule has 5 nitrogen and oxygen atoms in total. The first kappa shape index (κ1) is 13.9. The quantitative estimate of drug-likeness (QED) is 0.710. The van der Waals surface area contributed by atoms with Crippen LogP contribution >= 0.6 is 0 Å². The molecule has 0 saturated carbocycles. The van der Waals surface area contributed by atoms with Gasteiger partial charge in [0.15, 0.2) is 0 Å². The van der Waals surface area contributed by atoms with Gasteiger partial charge in [0.05, 0.1) is 5.75 Å². The van der Waals surface area contributed by atoms with E-state index in [0.29, 0.717) is 26.3 Å². The molecular weight excluding hydrogens is 228 g/mol. The van der Waals surface area contributed by atoms with Crippen molar-refractivity contribution in [3.8, 4) is 0 Å². The Labute approximate surface area is 97.9 Å². The van der Waals surface area contributed by atoms with E-state index >= 15 is 0 Å². The van der Waals surface area contributed by atoms with Gasteiger partial charge in [-0.1, -0.05) is 0 Å². The Kier molecular flexibility index (Phi) is 4.73. The Morgan fingerprint density at radius 2 is 1.94 bits per heavy atom. The maximum atomic E-state index is 11.1. The number of ether oxygens (including phenoxy) is 1. The average Bonchev–Trinajstić information content (AvgIpc) is 2.25. The second kappa shape index (κ2) is 5.44. The zero-order valence-corrected chi connectivity index (χ0v) is 10.9. The van der Waals surface area contributed by atoms with E-state index < -0.39 is 9.84 Å².